The number of phenolic OH excluding ortho intramolecular Hbond substituents is 2. The van der Waals surface area contributed by atoms with Gasteiger partial charge in [-0.05, 0) is 139 Å². The molecular formula is C52H57N3O7. The van der Waals surface area contributed by atoms with E-state index in [2.05, 4.69) is 39.6 Å². The number of aromatic nitrogens is 2. The summed E-state index contributed by atoms with van der Waals surface area (Å²) in [6.07, 6.45) is 17.3. The van der Waals surface area contributed by atoms with Gasteiger partial charge in [-0.1, -0.05) is 48.6 Å². The predicted octanol–water partition coefficient (Wildman–Crippen LogP) is 8.65. The van der Waals surface area contributed by atoms with Crippen LogP contribution in [0.1, 0.15) is 119 Å². The van der Waals surface area contributed by atoms with Gasteiger partial charge in [0.15, 0.2) is 11.5 Å². The van der Waals surface area contributed by atoms with E-state index in [0.717, 1.165) is 93.7 Å². The molecule has 62 heavy (non-hydrogen) atoms. The molecule has 0 saturated heterocycles. The summed E-state index contributed by atoms with van der Waals surface area (Å²) in [7, 11) is 0. The number of fused-ring (bicyclic) bond motifs is 8. The molecule has 322 valence electrons. The van der Waals surface area contributed by atoms with Gasteiger partial charge in [-0.25, -0.2) is 0 Å². The second-order valence-corrected chi connectivity index (χ2v) is 18.0. The monoisotopic (exact) mass is 835 g/mol. The first-order chi connectivity index (χ1) is 30.1. The topological polar surface area (TPSA) is 168 Å². The number of aliphatic hydroxyl groups excluding tert-OH is 1. The number of ketones is 2. The Kier molecular flexibility index (Phi) is 12.0. The van der Waals surface area contributed by atoms with Crippen molar-refractivity contribution in [2.45, 2.75) is 108 Å². The lowest BCUT2D eigenvalue weighted by molar-refractivity contribution is -0.129. The number of aryl methyl sites for hydroxylation is 3. The molecule has 1 aliphatic heterocycles. The van der Waals surface area contributed by atoms with Crippen molar-refractivity contribution in [1.82, 2.24) is 9.97 Å². The Morgan fingerprint density at radius 3 is 2.52 bits per heavy atom. The molecule has 3 aromatic carbocycles. The van der Waals surface area contributed by atoms with Gasteiger partial charge in [0.25, 0.3) is 0 Å². The summed E-state index contributed by atoms with van der Waals surface area (Å²) < 4.78 is 6.43. The number of hydrogen-bond acceptors (Lipinski definition) is 8. The number of H-pyrrole nitrogens is 2. The highest BCUT2D eigenvalue weighted by Crippen LogP contribution is 2.46. The van der Waals surface area contributed by atoms with Crippen molar-refractivity contribution in [2.75, 3.05) is 18.5 Å². The van der Waals surface area contributed by atoms with Crippen molar-refractivity contribution in [3.63, 3.8) is 0 Å². The van der Waals surface area contributed by atoms with Crippen LogP contribution in [0, 0.1) is 5.92 Å². The minimum absolute atomic E-state index is 0.0274. The lowest BCUT2D eigenvalue weighted by Gasteiger charge is -2.37. The molecule has 1 saturated carbocycles. The van der Waals surface area contributed by atoms with E-state index >= 15 is 0 Å². The molecule has 5 aromatic rings. The Hall–Kier alpha value is -5.84. The third-order valence-electron chi connectivity index (χ3n) is 13.7. The molecule has 2 aromatic heterocycles. The Balaban J connectivity index is 1.09. The van der Waals surface area contributed by atoms with Crippen LogP contribution < -0.4 is 10.1 Å². The molecule has 7 N–H and O–H groups in total. The molecule has 3 aliphatic carbocycles. The second kappa shape index (κ2) is 17.9. The third-order valence-corrected chi connectivity index (χ3v) is 13.7. The van der Waals surface area contributed by atoms with Crippen LogP contribution in [0.25, 0.3) is 12.2 Å². The molecular weight excluding hydrogens is 779 g/mol. The van der Waals surface area contributed by atoms with Crippen molar-refractivity contribution in [2.24, 2.45) is 5.92 Å². The summed E-state index contributed by atoms with van der Waals surface area (Å²) in [4.78, 5) is 35.6. The van der Waals surface area contributed by atoms with Crippen LogP contribution in [0.3, 0.4) is 0 Å². The van der Waals surface area contributed by atoms with Crippen LogP contribution in [0.15, 0.2) is 84.7 Å². The molecule has 4 aliphatic rings. The quantitative estimate of drug-likeness (QED) is 0.0800. The summed E-state index contributed by atoms with van der Waals surface area (Å²) in [5.74, 6) is 0.0545. The Labute approximate surface area is 362 Å². The lowest BCUT2D eigenvalue weighted by atomic mass is 9.68. The molecule has 3 heterocycles. The van der Waals surface area contributed by atoms with Gasteiger partial charge in [-0.2, -0.15) is 0 Å². The summed E-state index contributed by atoms with van der Waals surface area (Å²) in [5, 5.41) is 48.1. The lowest BCUT2D eigenvalue weighted by Crippen LogP contribution is -2.37. The van der Waals surface area contributed by atoms with Crippen molar-refractivity contribution < 1.29 is 34.8 Å². The highest BCUT2D eigenvalue weighted by molar-refractivity contribution is 6.02. The molecule has 0 radical (unpaired) electrons. The summed E-state index contributed by atoms with van der Waals surface area (Å²) >= 11 is 0. The van der Waals surface area contributed by atoms with Gasteiger partial charge in [0, 0.05) is 73.5 Å². The largest absolute Gasteiger partial charge is 0.507 e. The summed E-state index contributed by atoms with van der Waals surface area (Å²) in [5.41, 5.74) is 8.91. The fourth-order valence-corrected chi connectivity index (χ4v) is 10.4. The first kappa shape index (κ1) is 41.5. The number of nitrogens with one attached hydrogen (secondary N) is 3. The van der Waals surface area contributed by atoms with Crippen molar-refractivity contribution in [3.8, 4) is 17.2 Å². The fraction of sp³-hybridized carbons (Fsp3) is 0.385. The van der Waals surface area contributed by atoms with Gasteiger partial charge in [0.05, 0.1) is 18.1 Å². The highest BCUT2D eigenvalue weighted by Gasteiger charge is 2.42. The maximum atomic E-state index is 14.9. The predicted molar refractivity (Wildman–Crippen MR) is 241 cm³/mol. The zero-order valence-electron chi connectivity index (χ0n) is 35.2. The number of ether oxygens (including phenoxy) is 1. The molecule has 10 nitrogen and oxygen atoms in total. The average Bonchev–Trinajstić information content (AvgIpc) is 4.03. The Morgan fingerprint density at radius 2 is 1.66 bits per heavy atom. The SMILES string of the molecule is O=C1CCc2cc(c(O)c(OC3CCCC3)c2)Cc2ccc(CCCO)c(c2)Cc2cc[nH]c2NCC2=Cc3[nH]ccc3C(CC3(O)C=Cc4c(O)cccc4CC3)C2C(=O)C1. The molecule has 4 bridgehead atoms. The van der Waals surface area contributed by atoms with E-state index in [1.165, 1.54) is 0 Å². The number of carbonyl (C=O) groups excluding carboxylic acids is 2. The normalized spacial score (nSPS) is 21.9. The third kappa shape index (κ3) is 8.90. The van der Waals surface area contributed by atoms with Gasteiger partial charge in [-0.3, -0.25) is 9.59 Å². The zero-order valence-corrected chi connectivity index (χ0v) is 35.2. The number of carbonyl (C=O) groups is 2. The zero-order chi connectivity index (χ0) is 42.8. The van der Waals surface area contributed by atoms with E-state index < -0.39 is 17.4 Å². The van der Waals surface area contributed by atoms with Gasteiger partial charge in [0.2, 0.25) is 0 Å². The van der Waals surface area contributed by atoms with Crippen molar-refractivity contribution in [1.29, 1.82) is 0 Å². The van der Waals surface area contributed by atoms with Crippen LogP contribution in [0.4, 0.5) is 5.82 Å². The number of phenols is 2. The smallest absolute Gasteiger partial charge is 0.161 e. The van der Waals surface area contributed by atoms with Crippen LogP contribution in [0.2, 0.25) is 0 Å². The van der Waals surface area contributed by atoms with E-state index in [-0.39, 0.29) is 55.0 Å². The molecule has 1 fully saturated rings. The fourth-order valence-electron chi connectivity index (χ4n) is 10.4. The second-order valence-electron chi connectivity index (χ2n) is 18.0. The van der Waals surface area contributed by atoms with Gasteiger partial charge in [0.1, 0.15) is 23.1 Å². The number of anilines is 1. The molecule has 3 atom stereocenters. The van der Waals surface area contributed by atoms with Gasteiger partial charge in [-0.15, -0.1) is 0 Å². The minimum atomic E-state index is -1.29. The first-order valence-electron chi connectivity index (χ1n) is 22.4. The van der Waals surface area contributed by atoms with Gasteiger partial charge < -0.3 is 40.4 Å². The molecule has 3 unspecified atom stereocenters. The number of aromatic amines is 2. The standard InChI is InChI=1S/C52H57N3O7/c56-22-4-6-34-12-10-32-23-37(34)27-36-16-20-54-51(36)55-31-39-28-45-43(17-21-53-45)44(30-52(61)18-14-35-5-3-9-46(58)42(35)15-19-52)49(39)47(59)29-40(57)13-11-33-25-38(24-32)50(60)48(26-33)62-41-7-1-2-8-41/h3,5,9-10,12,15-17,19-21,23,25-26,28,41,44,49,53-56,58,60-61H,1-2,4,6-8,11,13-14,18,22,24,27,29-31H2. The van der Waals surface area contributed by atoms with Gasteiger partial charge >= 0.3 is 0 Å². The van der Waals surface area contributed by atoms with E-state index in [1.54, 1.807) is 18.2 Å². The average molecular weight is 836 g/mol. The summed E-state index contributed by atoms with van der Waals surface area (Å²) in [6.45, 7) is 0.418. The minimum Gasteiger partial charge on any atom is -0.507 e. The Bertz CT molecular complexity index is 2520. The first-order valence-corrected chi connectivity index (χ1v) is 22.4. The van der Waals surface area contributed by atoms with E-state index in [9.17, 15) is 30.0 Å². The number of rotatable bonds is 7. The van der Waals surface area contributed by atoms with E-state index in [0.29, 0.717) is 56.4 Å². The maximum Gasteiger partial charge on any atom is 0.161 e. The number of benzene rings is 3. The van der Waals surface area contributed by atoms with Crippen molar-refractivity contribution in [3.05, 3.63) is 140 Å². The number of aliphatic hydroxyl groups is 2. The van der Waals surface area contributed by atoms with E-state index in [4.69, 9.17) is 4.74 Å². The van der Waals surface area contributed by atoms with Crippen molar-refractivity contribution >= 4 is 29.5 Å². The number of Topliss-reactive ketones (excluding diaryl/α,β-unsaturated/α-hetero) is 2. The molecule has 9 rings (SSSR count). The highest BCUT2D eigenvalue weighted by atomic mass is 16.5. The molecule has 0 spiro atoms. The van der Waals surface area contributed by atoms with Crippen LogP contribution in [-0.4, -0.2) is 66.8 Å². The Morgan fingerprint density at radius 1 is 0.823 bits per heavy atom. The van der Waals surface area contributed by atoms with Crippen LogP contribution >= 0.6 is 0 Å². The molecule has 0 amide bonds. The number of aromatic hydroxyl groups is 2. The maximum absolute atomic E-state index is 14.9. The summed E-state index contributed by atoms with van der Waals surface area (Å²) in [6, 6.07) is 19.7. The molecule has 10 heteroatoms. The van der Waals surface area contributed by atoms with Crippen LogP contribution in [0.5, 0.6) is 17.2 Å². The van der Waals surface area contributed by atoms with E-state index in [1.807, 2.05) is 48.8 Å². The number of hydrogen-bond donors (Lipinski definition) is 7. The van der Waals surface area contributed by atoms with Crippen LogP contribution in [-0.2, 0) is 41.7 Å².